The predicted octanol–water partition coefficient (Wildman–Crippen LogP) is 4.06. The Kier molecular flexibility index (Phi) is 5.60. The fraction of sp³-hybridized carbons (Fsp3) is 0.0909. The fourth-order valence-electron chi connectivity index (χ4n) is 2.52. The summed E-state index contributed by atoms with van der Waals surface area (Å²) < 4.78 is 10.8. The van der Waals surface area contributed by atoms with Gasteiger partial charge in [0.15, 0.2) is 0 Å². The first-order chi connectivity index (χ1) is 13.5. The van der Waals surface area contributed by atoms with Gasteiger partial charge in [0.1, 0.15) is 11.5 Å². The quantitative estimate of drug-likeness (QED) is 0.396. The molecule has 0 spiro atoms. The Morgan fingerprint density at radius 1 is 0.821 bits per heavy atom. The third-order valence-corrected chi connectivity index (χ3v) is 4.12. The van der Waals surface area contributed by atoms with Gasteiger partial charge in [0.2, 0.25) is 0 Å². The summed E-state index contributed by atoms with van der Waals surface area (Å²) in [5.41, 5.74) is 8.59. The third kappa shape index (κ3) is 4.48. The molecule has 6 heteroatoms. The first kappa shape index (κ1) is 19.0. The molecule has 0 fully saturated rings. The monoisotopic (exact) mass is 376 g/mol. The highest BCUT2D eigenvalue weighted by atomic mass is 16.5. The van der Waals surface area contributed by atoms with Crippen molar-refractivity contribution in [1.29, 1.82) is 0 Å². The molecule has 0 unspecified atom stereocenters. The van der Waals surface area contributed by atoms with Gasteiger partial charge in [-0.1, -0.05) is 0 Å². The van der Waals surface area contributed by atoms with E-state index in [0.717, 1.165) is 5.69 Å². The minimum absolute atomic E-state index is 0.359. The lowest BCUT2D eigenvalue weighted by Crippen LogP contribution is -2.10. The van der Waals surface area contributed by atoms with E-state index in [1.807, 2.05) is 0 Å². The second kappa shape index (κ2) is 8.26. The van der Waals surface area contributed by atoms with Crippen molar-refractivity contribution in [3.8, 4) is 11.5 Å². The topological polar surface area (TPSA) is 90.6 Å². The molecule has 0 saturated heterocycles. The number of nitrogen functional groups attached to an aromatic ring is 1. The summed E-state index contributed by atoms with van der Waals surface area (Å²) in [6.45, 7) is 1.77. The van der Waals surface area contributed by atoms with Crippen LogP contribution in [0.3, 0.4) is 0 Å². The third-order valence-electron chi connectivity index (χ3n) is 4.12. The Balaban J connectivity index is 1.68. The number of rotatable bonds is 5. The maximum Gasteiger partial charge on any atom is 0.343 e. The van der Waals surface area contributed by atoms with Crippen LogP contribution in [-0.2, 0) is 0 Å². The van der Waals surface area contributed by atoms with Crippen LogP contribution in [0.5, 0.6) is 11.5 Å². The smallest absolute Gasteiger partial charge is 0.343 e. The van der Waals surface area contributed by atoms with Crippen molar-refractivity contribution in [2.75, 3.05) is 18.1 Å². The van der Waals surface area contributed by atoms with Crippen molar-refractivity contribution in [3.05, 3.63) is 83.4 Å². The van der Waals surface area contributed by atoms with E-state index in [0.29, 0.717) is 33.9 Å². The molecule has 3 rings (SSSR count). The Hall–Kier alpha value is -3.80. The van der Waals surface area contributed by atoms with Crippen LogP contribution < -0.4 is 20.5 Å². The molecule has 6 nitrogen and oxygen atoms in total. The van der Waals surface area contributed by atoms with Crippen LogP contribution in [0, 0.1) is 6.92 Å². The molecule has 0 aromatic heterocycles. The van der Waals surface area contributed by atoms with Crippen molar-refractivity contribution in [2.45, 2.75) is 6.92 Å². The average molecular weight is 376 g/mol. The minimum atomic E-state index is -0.492. The Bertz CT molecular complexity index is 996. The lowest BCUT2D eigenvalue weighted by atomic mass is 10.2. The standard InChI is InChI=1S/C22H20N2O4/c1-14-13-19(27-21(25)15-3-7-17(23)8-4-15)11-12-20(14)28-22(26)16-5-9-18(24-2)10-6-16/h3-13,24H,23H2,1-2H3. The van der Waals surface area contributed by atoms with Gasteiger partial charge in [-0.2, -0.15) is 0 Å². The highest BCUT2D eigenvalue weighted by Gasteiger charge is 2.13. The summed E-state index contributed by atoms with van der Waals surface area (Å²) in [6.07, 6.45) is 0. The number of esters is 2. The molecule has 0 atom stereocenters. The van der Waals surface area contributed by atoms with E-state index in [9.17, 15) is 9.59 Å². The van der Waals surface area contributed by atoms with Crippen LogP contribution in [0.15, 0.2) is 66.7 Å². The predicted molar refractivity (Wildman–Crippen MR) is 108 cm³/mol. The Morgan fingerprint density at radius 2 is 1.39 bits per heavy atom. The van der Waals surface area contributed by atoms with E-state index < -0.39 is 11.9 Å². The molecule has 28 heavy (non-hydrogen) atoms. The zero-order chi connectivity index (χ0) is 20.1. The van der Waals surface area contributed by atoms with Gasteiger partial charge in [-0.3, -0.25) is 0 Å². The van der Waals surface area contributed by atoms with Gasteiger partial charge in [0.25, 0.3) is 0 Å². The SMILES string of the molecule is CNc1ccc(C(=O)Oc2ccc(OC(=O)c3ccc(N)cc3)cc2C)cc1. The molecular formula is C22H20N2O4. The first-order valence-corrected chi connectivity index (χ1v) is 8.64. The molecule has 0 saturated carbocycles. The molecule has 0 aliphatic carbocycles. The molecule has 3 N–H and O–H groups in total. The number of carbonyl (C=O) groups is 2. The van der Waals surface area contributed by atoms with Gasteiger partial charge >= 0.3 is 11.9 Å². The number of carbonyl (C=O) groups excluding carboxylic acids is 2. The lowest BCUT2D eigenvalue weighted by Gasteiger charge is -2.10. The second-order valence-electron chi connectivity index (χ2n) is 6.16. The molecular weight excluding hydrogens is 356 g/mol. The zero-order valence-corrected chi connectivity index (χ0v) is 15.6. The number of hydrogen-bond acceptors (Lipinski definition) is 6. The number of nitrogens with two attached hydrogens (primary N) is 1. The van der Waals surface area contributed by atoms with Gasteiger partial charge in [0, 0.05) is 18.4 Å². The van der Waals surface area contributed by atoms with E-state index in [-0.39, 0.29) is 0 Å². The molecule has 142 valence electrons. The van der Waals surface area contributed by atoms with Crippen molar-refractivity contribution >= 4 is 23.3 Å². The molecule has 0 aliphatic rings. The second-order valence-corrected chi connectivity index (χ2v) is 6.16. The highest BCUT2D eigenvalue weighted by Crippen LogP contribution is 2.25. The van der Waals surface area contributed by atoms with Crippen LogP contribution in [0.1, 0.15) is 26.3 Å². The van der Waals surface area contributed by atoms with Crippen LogP contribution in [-0.4, -0.2) is 19.0 Å². The summed E-state index contributed by atoms with van der Waals surface area (Å²) in [7, 11) is 1.80. The molecule has 3 aromatic carbocycles. The summed E-state index contributed by atoms with van der Waals surface area (Å²) in [6, 6.07) is 18.2. The van der Waals surface area contributed by atoms with Crippen molar-refractivity contribution in [1.82, 2.24) is 0 Å². The molecule has 0 bridgehead atoms. The molecule has 0 amide bonds. The van der Waals surface area contributed by atoms with Gasteiger partial charge in [-0.25, -0.2) is 9.59 Å². The van der Waals surface area contributed by atoms with E-state index in [1.54, 1.807) is 80.7 Å². The van der Waals surface area contributed by atoms with Gasteiger partial charge in [-0.15, -0.1) is 0 Å². The zero-order valence-electron chi connectivity index (χ0n) is 15.6. The summed E-state index contributed by atoms with van der Waals surface area (Å²) in [4.78, 5) is 24.5. The number of hydrogen-bond donors (Lipinski definition) is 2. The fourth-order valence-corrected chi connectivity index (χ4v) is 2.52. The Labute approximate surface area is 162 Å². The van der Waals surface area contributed by atoms with Crippen LogP contribution in [0.2, 0.25) is 0 Å². The average Bonchev–Trinajstić information content (AvgIpc) is 2.70. The molecule has 3 aromatic rings. The number of benzene rings is 3. The van der Waals surface area contributed by atoms with Gasteiger partial charge in [0.05, 0.1) is 11.1 Å². The van der Waals surface area contributed by atoms with Gasteiger partial charge in [-0.05, 0) is 79.2 Å². The van der Waals surface area contributed by atoms with Crippen molar-refractivity contribution in [3.63, 3.8) is 0 Å². The maximum atomic E-state index is 12.3. The number of nitrogens with one attached hydrogen (secondary N) is 1. The van der Waals surface area contributed by atoms with Crippen molar-refractivity contribution in [2.24, 2.45) is 0 Å². The largest absolute Gasteiger partial charge is 0.423 e. The first-order valence-electron chi connectivity index (χ1n) is 8.64. The molecule has 0 radical (unpaired) electrons. The summed E-state index contributed by atoms with van der Waals surface area (Å²) in [5.74, 6) is -0.196. The van der Waals surface area contributed by atoms with E-state index in [4.69, 9.17) is 15.2 Å². The normalized spacial score (nSPS) is 10.2. The van der Waals surface area contributed by atoms with E-state index >= 15 is 0 Å². The molecule has 0 aliphatic heterocycles. The summed E-state index contributed by atoms with van der Waals surface area (Å²) >= 11 is 0. The number of ether oxygens (including phenoxy) is 2. The highest BCUT2D eigenvalue weighted by molar-refractivity contribution is 5.92. The summed E-state index contributed by atoms with van der Waals surface area (Å²) in [5, 5.41) is 2.99. The number of aryl methyl sites for hydroxylation is 1. The van der Waals surface area contributed by atoms with E-state index in [1.165, 1.54) is 0 Å². The molecule has 0 heterocycles. The number of anilines is 2. The maximum absolute atomic E-state index is 12.3. The van der Waals surface area contributed by atoms with Crippen LogP contribution in [0.25, 0.3) is 0 Å². The van der Waals surface area contributed by atoms with Crippen molar-refractivity contribution < 1.29 is 19.1 Å². The van der Waals surface area contributed by atoms with Crippen LogP contribution >= 0.6 is 0 Å². The Morgan fingerprint density at radius 3 is 1.96 bits per heavy atom. The van der Waals surface area contributed by atoms with Crippen LogP contribution in [0.4, 0.5) is 11.4 Å². The van der Waals surface area contributed by atoms with E-state index in [2.05, 4.69) is 5.32 Å². The minimum Gasteiger partial charge on any atom is -0.423 e. The van der Waals surface area contributed by atoms with Gasteiger partial charge < -0.3 is 20.5 Å². The lowest BCUT2D eigenvalue weighted by molar-refractivity contribution is 0.0718.